The van der Waals surface area contributed by atoms with E-state index < -0.39 is 0 Å². The lowest BCUT2D eigenvalue weighted by Crippen LogP contribution is -2.45. The molecule has 0 saturated carbocycles. The van der Waals surface area contributed by atoms with Crippen LogP contribution in [0.15, 0.2) is 36.4 Å². The number of phenols is 1. The Balaban J connectivity index is 0.000000868. The van der Waals surface area contributed by atoms with Crippen LogP contribution in [0.4, 0.5) is 11.5 Å². The molecular weight excluding hydrogens is 432 g/mol. The topological polar surface area (TPSA) is 115 Å². The Bertz CT molecular complexity index is 1200. The Morgan fingerprint density at radius 3 is 2.71 bits per heavy atom. The Morgan fingerprint density at radius 2 is 1.94 bits per heavy atom. The van der Waals surface area contributed by atoms with Crippen molar-refractivity contribution < 1.29 is 14.6 Å². The molecule has 1 saturated heterocycles. The number of hydrogen-bond acceptors (Lipinski definition) is 9. The van der Waals surface area contributed by atoms with Crippen molar-refractivity contribution in [3.8, 4) is 17.8 Å². The molecule has 2 N–H and O–H groups in total. The molecule has 0 radical (unpaired) electrons. The van der Waals surface area contributed by atoms with Gasteiger partial charge in [-0.25, -0.2) is 0 Å². The molecular formula is C25H28N6O3. The van der Waals surface area contributed by atoms with E-state index in [1.165, 1.54) is 6.92 Å². The summed E-state index contributed by atoms with van der Waals surface area (Å²) in [4.78, 5) is 24.6. The van der Waals surface area contributed by atoms with E-state index in [9.17, 15) is 9.90 Å². The molecule has 0 spiro atoms. The zero-order valence-electron chi connectivity index (χ0n) is 19.2. The molecule has 0 atom stereocenters. The molecule has 9 nitrogen and oxygen atoms in total. The zero-order chi connectivity index (χ0) is 23.9. The lowest BCUT2D eigenvalue weighted by atomic mass is 10.0. The number of hydrogen-bond donors (Lipinski definition) is 2. The van der Waals surface area contributed by atoms with Gasteiger partial charge in [0.25, 0.3) is 0 Å². The van der Waals surface area contributed by atoms with E-state index in [4.69, 9.17) is 10.00 Å². The van der Waals surface area contributed by atoms with E-state index >= 15 is 0 Å². The molecule has 176 valence electrons. The third-order valence-corrected chi connectivity index (χ3v) is 5.89. The molecule has 2 aliphatic heterocycles. The molecule has 0 bridgehead atoms. The van der Waals surface area contributed by atoms with Gasteiger partial charge >= 0.3 is 6.01 Å². The molecule has 1 fully saturated rings. The van der Waals surface area contributed by atoms with Gasteiger partial charge in [-0.05, 0) is 17.9 Å². The number of phenolic OH excluding ortho intramolecular Hbond substituents is 1. The monoisotopic (exact) mass is 460 g/mol. The number of fused-ring (bicyclic) bond motifs is 2. The molecule has 0 amide bonds. The Labute approximate surface area is 198 Å². The molecule has 2 aliphatic rings. The second kappa shape index (κ2) is 10.8. The van der Waals surface area contributed by atoms with E-state index in [0.717, 1.165) is 72.7 Å². The van der Waals surface area contributed by atoms with Crippen molar-refractivity contribution in [3.05, 3.63) is 47.7 Å². The first-order valence-electron chi connectivity index (χ1n) is 11.3. The fourth-order valence-electron chi connectivity index (χ4n) is 4.44. The summed E-state index contributed by atoms with van der Waals surface area (Å²) >= 11 is 0. The normalized spacial score (nSPS) is 15.1. The lowest BCUT2D eigenvalue weighted by molar-refractivity contribution is -0.109. The van der Waals surface area contributed by atoms with Crippen LogP contribution in [-0.4, -0.2) is 60.7 Å². The number of carbonyl (C=O) groups excluding carboxylic acids is 1. The summed E-state index contributed by atoms with van der Waals surface area (Å²) in [5, 5.41) is 23.1. The minimum absolute atomic E-state index is 0.0688. The second-order valence-corrected chi connectivity index (χ2v) is 8.05. The summed E-state index contributed by atoms with van der Waals surface area (Å²) in [6.07, 6.45) is 1.50. The maximum Gasteiger partial charge on any atom is 0.319 e. The zero-order valence-corrected chi connectivity index (χ0v) is 19.2. The van der Waals surface area contributed by atoms with Crippen LogP contribution >= 0.6 is 0 Å². The standard InChI is InChI=1S/C23H25N5O3.C2H3N/c29-11-12-31-23-25-20-15-28(21-14-17(30)13-16-3-1-2-4-18(16)21)8-5-19(20)22(26-23)27-9-6-24-7-10-27;1-2-3/h1-4,11,13-14,24,30H,5-10,12,15H2;1H3. The van der Waals surface area contributed by atoms with Crippen molar-refractivity contribution in [1.29, 1.82) is 5.26 Å². The summed E-state index contributed by atoms with van der Waals surface area (Å²) in [6, 6.07) is 13.7. The van der Waals surface area contributed by atoms with Gasteiger partial charge < -0.3 is 25.0 Å². The number of nitrogens with zero attached hydrogens (tertiary/aromatic N) is 5. The number of benzene rings is 2. The smallest absolute Gasteiger partial charge is 0.319 e. The summed E-state index contributed by atoms with van der Waals surface area (Å²) in [6.45, 7) is 6.31. The van der Waals surface area contributed by atoms with Crippen LogP contribution in [0.5, 0.6) is 11.8 Å². The number of aromatic hydroxyl groups is 1. The first-order valence-corrected chi connectivity index (χ1v) is 11.3. The van der Waals surface area contributed by atoms with Crippen LogP contribution < -0.4 is 19.9 Å². The highest BCUT2D eigenvalue weighted by atomic mass is 16.5. The molecule has 34 heavy (non-hydrogen) atoms. The number of aromatic nitrogens is 2. The van der Waals surface area contributed by atoms with Gasteiger partial charge in [0.15, 0.2) is 6.29 Å². The Hall–Kier alpha value is -3.90. The predicted octanol–water partition coefficient (Wildman–Crippen LogP) is 2.42. The van der Waals surface area contributed by atoms with E-state index in [2.05, 4.69) is 31.2 Å². The highest BCUT2D eigenvalue weighted by molar-refractivity contribution is 5.95. The van der Waals surface area contributed by atoms with Crippen LogP contribution in [0.25, 0.3) is 10.8 Å². The molecule has 2 aromatic carbocycles. The lowest BCUT2D eigenvalue weighted by Gasteiger charge is -2.35. The van der Waals surface area contributed by atoms with E-state index in [-0.39, 0.29) is 18.4 Å². The minimum atomic E-state index is -0.0688. The maximum atomic E-state index is 10.8. The van der Waals surface area contributed by atoms with Crippen molar-refractivity contribution in [2.24, 2.45) is 0 Å². The third-order valence-electron chi connectivity index (χ3n) is 5.89. The van der Waals surface area contributed by atoms with Gasteiger partial charge in [0, 0.05) is 62.4 Å². The Morgan fingerprint density at radius 1 is 1.18 bits per heavy atom. The first kappa shape index (κ1) is 23.3. The average Bonchev–Trinajstić information content (AvgIpc) is 2.87. The first-order chi connectivity index (χ1) is 16.6. The van der Waals surface area contributed by atoms with Gasteiger partial charge in [0.2, 0.25) is 0 Å². The maximum absolute atomic E-state index is 10.8. The van der Waals surface area contributed by atoms with Crippen molar-refractivity contribution in [1.82, 2.24) is 15.3 Å². The van der Waals surface area contributed by atoms with Gasteiger partial charge in [-0.1, -0.05) is 24.3 Å². The summed E-state index contributed by atoms with van der Waals surface area (Å²) in [7, 11) is 0. The van der Waals surface area contributed by atoms with Gasteiger partial charge in [-0.15, -0.1) is 0 Å². The molecule has 3 aromatic rings. The SMILES string of the molecule is CC#N.O=CCOc1nc2c(c(N3CCNCC3)n1)CCN(c1cc(O)cc3ccccc13)C2. The van der Waals surface area contributed by atoms with Gasteiger partial charge in [0.1, 0.15) is 18.2 Å². The molecule has 1 aromatic heterocycles. The minimum Gasteiger partial charge on any atom is -0.508 e. The highest BCUT2D eigenvalue weighted by Gasteiger charge is 2.27. The molecule has 5 rings (SSSR count). The molecule has 3 heterocycles. The summed E-state index contributed by atoms with van der Waals surface area (Å²) < 4.78 is 5.49. The van der Waals surface area contributed by atoms with Crippen molar-refractivity contribution in [3.63, 3.8) is 0 Å². The fourth-order valence-corrected chi connectivity index (χ4v) is 4.44. The average molecular weight is 461 g/mol. The fraction of sp³-hybridized carbons (Fsp3) is 0.360. The van der Waals surface area contributed by atoms with E-state index in [0.29, 0.717) is 12.8 Å². The number of anilines is 2. The second-order valence-electron chi connectivity index (χ2n) is 8.05. The van der Waals surface area contributed by atoms with Crippen molar-refractivity contribution >= 4 is 28.6 Å². The molecule has 0 unspecified atom stereocenters. The van der Waals surface area contributed by atoms with Crippen molar-refractivity contribution in [2.45, 2.75) is 19.9 Å². The van der Waals surface area contributed by atoms with Crippen LogP contribution in [-0.2, 0) is 17.8 Å². The predicted molar refractivity (Wildman–Crippen MR) is 130 cm³/mol. The molecule has 0 aliphatic carbocycles. The van der Waals surface area contributed by atoms with E-state index in [1.807, 2.05) is 24.3 Å². The van der Waals surface area contributed by atoms with Crippen LogP contribution in [0, 0.1) is 11.3 Å². The van der Waals surface area contributed by atoms with Gasteiger partial charge in [0.05, 0.1) is 18.3 Å². The molecule has 9 heteroatoms. The van der Waals surface area contributed by atoms with Crippen molar-refractivity contribution in [2.75, 3.05) is 49.1 Å². The number of aldehydes is 1. The number of rotatable bonds is 5. The van der Waals surface area contributed by atoms with E-state index in [1.54, 1.807) is 12.1 Å². The number of ether oxygens (including phenoxy) is 1. The van der Waals surface area contributed by atoms with Gasteiger partial charge in [-0.3, -0.25) is 4.79 Å². The van der Waals surface area contributed by atoms with Gasteiger partial charge in [-0.2, -0.15) is 15.2 Å². The van der Waals surface area contributed by atoms with Crippen LogP contribution in [0.1, 0.15) is 18.2 Å². The van der Waals surface area contributed by atoms with Crippen LogP contribution in [0.3, 0.4) is 0 Å². The number of piperazine rings is 1. The summed E-state index contributed by atoms with van der Waals surface area (Å²) in [5.41, 5.74) is 3.03. The number of nitriles is 1. The number of nitrogens with one attached hydrogen (secondary N) is 1. The third kappa shape index (κ3) is 5.02. The van der Waals surface area contributed by atoms with Crippen LogP contribution in [0.2, 0.25) is 0 Å². The quantitative estimate of drug-likeness (QED) is 0.554. The number of carbonyl (C=O) groups is 1. The highest BCUT2D eigenvalue weighted by Crippen LogP contribution is 2.36. The largest absolute Gasteiger partial charge is 0.508 e. The Kier molecular flexibility index (Phi) is 7.40. The summed E-state index contributed by atoms with van der Waals surface area (Å²) in [5.74, 6) is 1.16.